The van der Waals surface area contributed by atoms with Crippen molar-refractivity contribution in [1.29, 1.82) is 0 Å². The van der Waals surface area contributed by atoms with Crippen LogP contribution in [0.1, 0.15) is 39.0 Å². The van der Waals surface area contributed by atoms with E-state index in [0.717, 1.165) is 29.7 Å². The molecule has 0 amide bonds. The molecule has 130 valence electrons. The summed E-state index contributed by atoms with van der Waals surface area (Å²) >= 11 is 0. The highest BCUT2D eigenvalue weighted by molar-refractivity contribution is 5.51. The molecule has 0 spiro atoms. The lowest BCUT2D eigenvalue weighted by atomic mass is 9.84. The molecule has 0 bridgehead atoms. The van der Waals surface area contributed by atoms with Gasteiger partial charge in [0.2, 0.25) is 5.75 Å². The van der Waals surface area contributed by atoms with E-state index in [1.807, 2.05) is 18.2 Å². The van der Waals surface area contributed by atoms with Gasteiger partial charge in [0.05, 0.1) is 0 Å². The summed E-state index contributed by atoms with van der Waals surface area (Å²) in [5.41, 5.74) is 0. The van der Waals surface area contributed by atoms with E-state index in [0.29, 0.717) is 25.9 Å². The van der Waals surface area contributed by atoms with E-state index >= 15 is 0 Å². The van der Waals surface area contributed by atoms with Gasteiger partial charge in [-0.1, -0.05) is 25.3 Å². The quantitative estimate of drug-likeness (QED) is 0.761. The minimum absolute atomic E-state index is 0. The molecule has 1 saturated carbocycles. The Morgan fingerprint density at radius 3 is 2.78 bits per heavy atom. The lowest BCUT2D eigenvalue weighted by molar-refractivity contribution is -0.00000558. The second kappa shape index (κ2) is 9.24. The minimum Gasteiger partial charge on any atom is -1.00 e. The van der Waals surface area contributed by atoms with Gasteiger partial charge in [0.1, 0.15) is 19.8 Å². The number of para-hydroxylation sites is 1. The zero-order valence-corrected chi connectivity index (χ0v) is 14.6. The maximum Gasteiger partial charge on any atom is 0.203 e. The molecular weight excluding hydrogens is 314 g/mol. The van der Waals surface area contributed by atoms with E-state index in [1.165, 1.54) is 32.1 Å². The fourth-order valence-corrected chi connectivity index (χ4v) is 3.41. The maximum atomic E-state index is 5.87. The van der Waals surface area contributed by atoms with Crippen LogP contribution < -0.4 is 31.9 Å². The lowest BCUT2D eigenvalue weighted by Crippen LogP contribution is -3.00. The Labute approximate surface area is 145 Å². The summed E-state index contributed by atoms with van der Waals surface area (Å²) in [7, 11) is 0. The van der Waals surface area contributed by atoms with Crippen molar-refractivity contribution in [2.24, 2.45) is 5.92 Å². The molecule has 0 saturated heterocycles. The van der Waals surface area contributed by atoms with Crippen LogP contribution in [0.4, 0.5) is 0 Å². The topological polar surface area (TPSA) is 39.7 Å². The van der Waals surface area contributed by atoms with Gasteiger partial charge in [0.25, 0.3) is 0 Å². The molecule has 1 heterocycles. The van der Waals surface area contributed by atoms with E-state index < -0.39 is 0 Å². The molecule has 1 atom stereocenters. The molecular formula is C18H27ClNO3-. The molecule has 5 heteroatoms. The maximum absolute atomic E-state index is 5.87. The van der Waals surface area contributed by atoms with Crippen molar-refractivity contribution in [1.82, 2.24) is 5.32 Å². The van der Waals surface area contributed by atoms with Crippen LogP contribution in [0, 0.1) is 5.92 Å². The van der Waals surface area contributed by atoms with E-state index in [1.54, 1.807) is 0 Å². The van der Waals surface area contributed by atoms with E-state index in [2.05, 4.69) is 12.2 Å². The molecule has 0 aromatic heterocycles. The number of fused-ring (bicyclic) bond motifs is 1. The van der Waals surface area contributed by atoms with Crippen molar-refractivity contribution in [2.45, 2.75) is 45.1 Å². The Morgan fingerprint density at radius 2 is 1.96 bits per heavy atom. The molecule has 1 unspecified atom stereocenters. The van der Waals surface area contributed by atoms with E-state index in [9.17, 15) is 0 Å². The van der Waals surface area contributed by atoms with Crippen LogP contribution in [-0.2, 0) is 0 Å². The molecule has 1 aromatic rings. The van der Waals surface area contributed by atoms with Crippen molar-refractivity contribution >= 4 is 0 Å². The number of hydrogen-bond donors (Lipinski definition) is 1. The van der Waals surface area contributed by atoms with Gasteiger partial charge in [-0.05, 0) is 37.8 Å². The summed E-state index contributed by atoms with van der Waals surface area (Å²) in [6.45, 7) is 5.01. The molecule has 1 aliphatic heterocycles. The van der Waals surface area contributed by atoms with Crippen molar-refractivity contribution in [3.63, 3.8) is 0 Å². The third-order valence-corrected chi connectivity index (χ3v) is 4.71. The molecule has 1 aromatic carbocycles. The Bertz CT molecular complexity index is 477. The van der Waals surface area contributed by atoms with Gasteiger partial charge in [-0.2, -0.15) is 0 Å². The Balaban J connectivity index is 0.00000192. The zero-order valence-electron chi connectivity index (χ0n) is 13.9. The number of benzene rings is 1. The average molecular weight is 341 g/mol. The van der Waals surface area contributed by atoms with Crippen LogP contribution in [-0.4, -0.2) is 32.4 Å². The first kappa shape index (κ1) is 18.2. The van der Waals surface area contributed by atoms with Gasteiger partial charge in [-0.25, -0.2) is 0 Å². The van der Waals surface area contributed by atoms with Crippen LogP contribution in [0.15, 0.2) is 18.2 Å². The third-order valence-electron chi connectivity index (χ3n) is 4.71. The second-order valence-electron chi connectivity index (χ2n) is 6.27. The Hall–Kier alpha value is -1.13. The summed E-state index contributed by atoms with van der Waals surface area (Å²) in [5, 5.41) is 3.61. The zero-order chi connectivity index (χ0) is 15.2. The van der Waals surface area contributed by atoms with Crippen molar-refractivity contribution < 1.29 is 26.6 Å². The third kappa shape index (κ3) is 4.92. The standard InChI is InChI=1S/C18H27NO3.ClH/c1-14(15-6-3-2-4-7-15)19-10-11-20-16-8-5-9-17-18(16)22-13-12-21-17;/h5,8-9,14-15,19H,2-4,6-7,10-13H2,1H3;1H/p-1. The predicted octanol–water partition coefficient (Wildman–Crippen LogP) is 0.399. The second-order valence-corrected chi connectivity index (χ2v) is 6.27. The molecule has 2 aliphatic rings. The highest BCUT2D eigenvalue weighted by atomic mass is 35.5. The van der Waals surface area contributed by atoms with Gasteiger partial charge in [-0.3, -0.25) is 0 Å². The fraction of sp³-hybridized carbons (Fsp3) is 0.667. The SMILES string of the molecule is CC(NCCOc1cccc2c1OCCO2)C1CCCCC1.[Cl-]. The van der Waals surface area contributed by atoms with Gasteiger partial charge in [-0.15, -0.1) is 0 Å². The highest BCUT2D eigenvalue weighted by Crippen LogP contribution is 2.38. The van der Waals surface area contributed by atoms with Gasteiger partial charge >= 0.3 is 0 Å². The number of halogens is 1. The van der Waals surface area contributed by atoms with Crippen LogP contribution in [0.2, 0.25) is 0 Å². The average Bonchev–Trinajstić information content (AvgIpc) is 2.59. The first-order valence-electron chi connectivity index (χ1n) is 8.59. The molecule has 1 N–H and O–H groups in total. The molecule has 1 aliphatic carbocycles. The summed E-state index contributed by atoms with van der Waals surface area (Å²) in [6.07, 6.45) is 6.92. The van der Waals surface area contributed by atoms with Gasteiger partial charge in [0.15, 0.2) is 11.5 Å². The Morgan fingerprint density at radius 1 is 1.17 bits per heavy atom. The number of nitrogens with one attached hydrogen (secondary N) is 1. The first-order chi connectivity index (χ1) is 10.8. The smallest absolute Gasteiger partial charge is 0.203 e. The molecule has 4 nitrogen and oxygen atoms in total. The summed E-state index contributed by atoms with van der Waals surface area (Å²) in [6, 6.07) is 6.39. The monoisotopic (exact) mass is 340 g/mol. The number of hydrogen-bond acceptors (Lipinski definition) is 4. The molecule has 23 heavy (non-hydrogen) atoms. The van der Waals surface area contributed by atoms with Crippen molar-refractivity contribution in [3.05, 3.63) is 18.2 Å². The van der Waals surface area contributed by atoms with E-state index in [-0.39, 0.29) is 12.4 Å². The molecule has 0 radical (unpaired) electrons. The van der Waals surface area contributed by atoms with Crippen LogP contribution in [0.25, 0.3) is 0 Å². The normalized spacial score (nSPS) is 18.8. The highest BCUT2D eigenvalue weighted by Gasteiger charge is 2.20. The van der Waals surface area contributed by atoms with Gasteiger partial charge < -0.3 is 31.9 Å². The summed E-state index contributed by atoms with van der Waals surface area (Å²) in [4.78, 5) is 0. The summed E-state index contributed by atoms with van der Waals surface area (Å²) in [5.74, 6) is 3.14. The molecule has 3 rings (SSSR count). The van der Waals surface area contributed by atoms with Crippen LogP contribution in [0.3, 0.4) is 0 Å². The number of rotatable bonds is 6. The van der Waals surface area contributed by atoms with Crippen LogP contribution in [0.5, 0.6) is 17.2 Å². The van der Waals surface area contributed by atoms with Crippen molar-refractivity contribution in [2.75, 3.05) is 26.4 Å². The largest absolute Gasteiger partial charge is 1.00 e. The lowest BCUT2D eigenvalue weighted by Gasteiger charge is -2.28. The van der Waals surface area contributed by atoms with E-state index in [4.69, 9.17) is 14.2 Å². The predicted molar refractivity (Wildman–Crippen MR) is 87.0 cm³/mol. The fourth-order valence-electron chi connectivity index (χ4n) is 3.41. The van der Waals surface area contributed by atoms with Gasteiger partial charge in [0, 0.05) is 12.6 Å². The molecule has 1 fully saturated rings. The Kier molecular flexibility index (Phi) is 7.31. The van der Waals surface area contributed by atoms with Crippen molar-refractivity contribution in [3.8, 4) is 17.2 Å². The first-order valence-corrected chi connectivity index (χ1v) is 8.59. The minimum atomic E-state index is 0. The van der Waals surface area contributed by atoms with Crippen LogP contribution >= 0.6 is 0 Å². The number of ether oxygens (including phenoxy) is 3. The summed E-state index contributed by atoms with van der Waals surface area (Å²) < 4.78 is 17.1.